The SMILES string of the molecule is COc1ccc(CNC[C@H](O)C(N)Cc2ccccc2)c(OC)c1. The van der Waals surface area contributed by atoms with Crippen LogP contribution in [0, 0.1) is 0 Å². The number of rotatable bonds is 9. The molecule has 2 aromatic rings. The molecule has 0 aliphatic rings. The molecule has 130 valence electrons. The van der Waals surface area contributed by atoms with Gasteiger partial charge < -0.3 is 25.6 Å². The van der Waals surface area contributed by atoms with Crippen molar-refractivity contribution >= 4 is 0 Å². The maximum atomic E-state index is 10.2. The fourth-order valence-electron chi connectivity index (χ4n) is 2.53. The Morgan fingerprint density at radius 2 is 1.83 bits per heavy atom. The molecule has 4 N–H and O–H groups in total. The standard InChI is InChI=1S/C19H26N2O3/c1-23-16-9-8-15(19(11-16)24-2)12-21-13-18(22)17(20)10-14-6-4-3-5-7-14/h3-9,11,17-18,21-22H,10,12-13,20H2,1-2H3/t17?,18-/m0/s1. The minimum Gasteiger partial charge on any atom is -0.497 e. The van der Waals surface area contributed by atoms with Crippen LogP contribution in [0.15, 0.2) is 48.5 Å². The molecule has 0 heterocycles. The van der Waals surface area contributed by atoms with Crippen LogP contribution in [0.2, 0.25) is 0 Å². The maximum absolute atomic E-state index is 10.2. The van der Waals surface area contributed by atoms with Gasteiger partial charge in [0.2, 0.25) is 0 Å². The highest BCUT2D eigenvalue weighted by molar-refractivity contribution is 5.40. The molecule has 1 unspecified atom stereocenters. The molecule has 0 fully saturated rings. The second-order valence-electron chi connectivity index (χ2n) is 5.73. The van der Waals surface area contributed by atoms with E-state index in [2.05, 4.69) is 5.32 Å². The monoisotopic (exact) mass is 330 g/mol. The summed E-state index contributed by atoms with van der Waals surface area (Å²) in [6.45, 7) is 1.01. The molecule has 0 spiro atoms. The number of nitrogens with one attached hydrogen (secondary N) is 1. The topological polar surface area (TPSA) is 76.7 Å². The van der Waals surface area contributed by atoms with Crippen LogP contribution in [-0.2, 0) is 13.0 Å². The van der Waals surface area contributed by atoms with Crippen molar-refractivity contribution in [2.75, 3.05) is 20.8 Å². The van der Waals surface area contributed by atoms with Crippen molar-refractivity contribution in [2.24, 2.45) is 5.73 Å². The molecular formula is C19H26N2O3. The number of nitrogens with two attached hydrogens (primary N) is 1. The molecule has 0 saturated heterocycles. The summed E-state index contributed by atoms with van der Waals surface area (Å²) < 4.78 is 10.6. The summed E-state index contributed by atoms with van der Waals surface area (Å²) in [6.07, 6.45) is 0.0321. The van der Waals surface area contributed by atoms with E-state index in [9.17, 15) is 5.11 Å². The van der Waals surface area contributed by atoms with E-state index in [-0.39, 0.29) is 6.04 Å². The Hall–Kier alpha value is -2.08. The molecule has 0 aromatic heterocycles. The lowest BCUT2D eigenvalue weighted by atomic mass is 10.0. The molecule has 24 heavy (non-hydrogen) atoms. The fourth-order valence-corrected chi connectivity index (χ4v) is 2.53. The number of aliphatic hydroxyl groups excluding tert-OH is 1. The van der Waals surface area contributed by atoms with E-state index in [0.29, 0.717) is 19.5 Å². The first-order valence-corrected chi connectivity index (χ1v) is 8.03. The van der Waals surface area contributed by atoms with Gasteiger partial charge in [-0.25, -0.2) is 0 Å². The zero-order valence-electron chi connectivity index (χ0n) is 14.2. The van der Waals surface area contributed by atoms with Gasteiger partial charge in [0.05, 0.1) is 20.3 Å². The first kappa shape index (κ1) is 18.3. The van der Waals surface area contributed by atoms with Crippen LogP contribution in [0.4, 0.5) is 0 Å². The molecule has 2 rings (SSSR count). The highest BCUT2D eigenvalue weighted by Crippen LogP contribution is 2.24. The third-order valence-electron chi connectivity index (χ3n) is 3.97. The van der Waals surface area contributed by atoms with Crippen LogP contribution >= 0.6 is 0 Å². The van der Waals surface area contributed by atoms with E-state index < -0.39 is 6.10 Å². The summed E-state index contributed by atoms with van der Waals surface area (Å²) >= 11 is 0. The molecule has 5 heteroatoms. The molecule has 2 atom stereocenters. The van der Waals surface area contributed by atoms with Crippen LogP contribution in [-0.4, -0.2) is 38.0 Å². The largest absolute Gasteiger partial charge is 0.497 e. The third kappa shape index (κ3) is 5.23. The summed E-state index contributed by atoms with van der Waals surface area (Å²) in [5.74, 6) is 1.51. The molecule has 0 bridgehead atoms. The summed E-state index contributed by atoms with van der Waals surface area (Å²) in [6, 6.07) is 15.3. The Morgan fingerprint density at radius 3 is 2.50 bits per heavy atom. The van der Waals surface area contributed by atoms with Crippen LogP contribution in [0.25, 0.3) is 0 Å². The van der Waals surface area contributed by atoms with Gasteiger partial charge in [-0.2, -0.15) is 0 Å². The van der Waals surface area contributed by atoms with Crippen molar-refractivity contribution in [2.45, 2.75) is 25.1 Å². The van der Waals surface area contributed by atoms with Crippen molar-refractivity contribution in [3.8, 4) is 11.5 Å². The average Bonchev–Trinajstić information content (AvgIpc) is 2.62. The van der Waals surface area contributed by atoms with Gasteiger partial charge in [0, 0.05) is 30.8 Å². The van der Waals surface area contributed by atoms with E-state index in [1.54, 1.807) is 14.2 Å². The summed E-state index contributed by atoms with van der Waals surface area (Å²) in [7, 11) is 3.25. The summed E-state index contributed by atoms with van der Waals surface area (Å²) in [5, 5.41) is 13.5. The number of benzene rings is 2. The zero-order chi connectivity index (χ0) is 17.4. The second kappa shape index (κ2) is 9.27. The first-order chi connectivity index (χ1) is 11.6. The first-order valence-electron chi connectivity index (χ1n) is 8.03. The zero-order valence-corrected chi connectivity index (χ0v) is 14.2. The van der Waals surface area contributed by atoms with Crippen LogP contribution in [0.3, 0.4) is 0 Å². The molecular weight excluding hydrogens is 304 g/mol. The Kier molecular flexibility index (Phi) is 7.06. The third-order valence-corrected chi connectivity index (χ3v) is 3.97. The van der Waals surface area contributed by atoms with Gasteiger partial charge in [0.25, 0.3) is 0 Å². The minimum absolute atomic E-state index is 0.308. The van der Waals surface area contributed by atoms with Gasteiger partial charge in [-0.3, -0.25) is 0 Å². The van der Waals surface area contributed by atoms with Crippen molar-refractivity contribution in [3.05, 3.63) is 59.7 Å². The molecule has 5 nitrogen and oxygen atoms in total. The fraction of sp³-hybridized carbons (Fsp3) is 0.368. The lowest BCUT2D eigenvalue weighted by Gasteiger charge is -2.20. The van der Waals surface area contributed by atoms with Gasteiger partial charge in [-0.05, 0) is 18.1 Å². The van der Waals surface area contributed by atoms with Crippen molar-refractivity contribution in [3.63, 3.8) is 0 Å². The molecule has 2 aromatic carbocycles. The number of methoxy groups -OCH3 is 2. The number of hydrogen-bond acceptors (Lipinski definition) is 5. The van der Waals surface area contributed by atoms with E-state index in [1.807, 2.05) is 48.5 Å². The average molecular weight is 330 g/mol. The van der Waals surface area contributed by atoms with E-state index in [4.69, 9.17) is 15.2 Å². The van der Waals surface area contributed by atoms with Crippen LogP contribution < -0.4 is 20.5 Å². The Morgan fingerprint density at radius 1 is 1.08 bits per heavy atom. The lowest BCUT2D eigenvalue weighted by molar-refractivity contribution is 0.141. The smallest absolute Gasteiger partial charge is 0.127 e. The summed E-state index contributed by atoms with van der Waals surface area (Å²) in [5.41, 5.74) is 8.22. The Balaban J connectivity index is 1.82. The minimum atomic E-state index is -0.616. The predicted molar refractivity (Wildman–Crippen MR) is 95.4 cm³/mol. The van der Waals surface area contributed by atoms with Gasteiger partial charge in [0.15, 0.2) is 0 Å². The van der Waals surface area contributed by atoms with E-state index >= 15 is 0 Å². The quantitative estimate of drug-likeness (QED) is 0.653. The normalized spacial score (nSPS) is 13.3. The van der Waals surface area contributed by atoms with Gasteiger partial charge >= 0.3 is 0 Å². The van der Waals surface area contributed by atoms with Crippen molar-refractivity contribution in [1.29, 1.82) is 0 Å². The predicted octanol–water partition coefficient (Wildman–Crippen LogP) is 1.72. The molecule has 0 aliphatic heterocycles. The number of hydrogen-bond donors (Lipinski definition) is 3. The highest BCUT2D eigenvalue weighted by atomic mass is 16.5. The van der Waals surface area contributed by atoms with Gasteiger partial charge in [-0.1, -0.05) is 36.4 Å². The van der Waals surface area contributed by atoms with E-state index in [1.165, 1.54) is 0 Å². The van der Waals surface area contributed by atoms with E-state index in [0.717, 1.165) is 22.6 Å². The van der Waals surface area contributed by atoms with Gasteiger partial charge in [-0.15, -0.1) is 0 Å². The Bertz CT molecular complexity index is 619. The lowest BCUT2D eigenvalue weighted by Crippen LogP contribution is -2.43. The molecule has 0 aliphatic carbocycles. The molecule has 0 amide bonds. The van der Waals surface area contributed by atoms with Crippen LogP contribution in [0.5, 0.6) is 11.5 Å². The maximum Gasteiger partial charge on any atom is 0.127 e. The highest BCUT2D eigenvalue weighted by Gasteiger charge is 2.15. The number of aliphatic hydroxyl groups is 1. The molecule has 0 radical (unpaired) electrons. The van der Waals surface area contributed by atoms with Gasteiger partial charge in [0.1, 0.15) is 11.5 Å². The summed E-state index contributed by atoms with van der Waals surface area (Å²) in [4.78, 5) is 0. The second-order valence-corrected chi connectivity index (χ2v) is 5.73. The van der Waals surface area contributed by atoms with Crippen molar-refractivity contribution in [1.82, 2.24) is 5.32 Å². The van der Waals surface area contributed by atoms with Crippen molar-refractivity contribution < 1.29 is 14.6 Å². The van der Waals surface area contributed by atoms with Crippen LogP contribution in [0.1, 0.15) is 11.1 Å². The Labute approximate surface area is 143 Å². The number of ether oxygens (including phenoxy) is 2. The molecule has 0 saturated carbocycles.